The Morgan fingerprint density at radius 3 is 2.80 bits per heavy atom. The van der Waals surface area contributed by atoms with Gasteiger partial charge >= 0.3 is 0 Å². The van der Waals surface area contributed by atoms with E-state index in [1.807, 2.05) is 25.3 Å². The van der Waals surface area contributed by atoms with Crippen LogP contribution in [0.15, 0.2) is 41.1 Å². The van der Waals surface area contributed by atoms with Crippen LogP contribution in [0.4, 0.5) is 5.82 Å². The molecule has 0 aliphatic carbocycles. The van der Waals surface area contributed by atoms with Gasteiger partial charge in [-0.1, -0.05) is 33.3 Å². The van der Waals surface area contributed by atoms with Crippen LogP contribution in [-0.4, -0.2) is 36.7 Å². The van der Waals surface area contributed by atoms with Crippen molar-refractivity contribution >= 4 is 21.7 Å². The number of halogens is 1. The SMILES string of the molecule is Cc1ncc(Cn2cc(CCO)nn2)c(NCc2ccc(Br)cc2)n1. The molecular weight excluding hydrogens is 384 g/mol. The molecule has 2 heterocycles. The molecule has 0 fully saturated rings. The molecule has 1 aromatic carbocycles. The molecule has 0 radical (unpaired) electrons. The first kappa shape index (κ1) is 17.5. The van der Waals surface area contributed by atoms with Gasteiger partial charge in [0.2, 0.25) is 0 Å². The molecule has 0 aliphatic rings. The first-order valence-corrected chi connectivity index (χ1v) is 8.74. The number of rotatable bonds is 7. The second-order valence-corrected chi connectivity index (χ2v) is 6.57. The highest BCUT2D eigenvalue weighted by Gasteiger charge is 2.08. The maximum absolute atomic E-state index is 8.98. The molecular formula is C17H19BrN6O. The monoisotopic (exact) mass is 402 g/mol. The number of aryl methyl sites for hydroxylation is 1. The molecule has 0 saturated heterocycles. The van der Waals surface area contributed by atoms with Gasteiger partial charge in [-0.25, -0.2) is 14.6 Å². The van der Waals surface area contributed by atoms with E-state index in [0.29, 0.717) is 25.3 Å². The molecule has 0 bridgehead atoms. The van der Waals surface area contributed by atoms with Crippen LogP contribution >= 0.6 is 15.9 Å². The Balaban J connectivity index is 1.73. The van der Waals surface area contributed by atoms with Gasteiger partial charge in [0.25, 0.3) is 0 Å². The number of hydrogen-bond donors (Lipinski definition) is 2. The molecule has 7 nitrogen and oxygen atoms in total. The van der Waals surface area contributed by atoms with Gasteiger partial charge in [-0.2, -0.15) is 0 Å². The fraction of sp³-hybridized carbons (Fsp3) is 0.294. The summed E-state index contributed by atoms with van der Waals surface area (Å²) in [6.07, 6.45) is 4.13. The summed E-state index contributed by atoms with van der Waals surface area (Å²) in [5.74, 6) is 1.50. The van der Waals surface area contributed by atoms with E-state index in [4.69, 9.17) is 5.11 Å². The number of anilines is 1. The lowest BCUT2D eigenvalue weighted by Gasteiger charge is -2.11. The number of nitrogens with zero attached hydrogens (tertiary/aromatic N) is 5. The fourth-order valence-electron chi connectivity index (χ4n) is 2.37. The highest BCUT2D eigenvalue weighted by atomic mass is 79.9. The highest BCUT2D eigenvalue weighted by molar-refractivity contribution is 9.10. The third-order valence-electron chi connectivity index (χ3n) is 3.64. The maximum Gasteiger partial charge on any atom is 0.135 e. The summed E-state index contributed by atoms with van der Waals surface area (Å²) in [6, 6.07) is 8.15. The predicted octanol–water partition coefficient (Wildman–Crippen LogP) is 2.33. The van der Waals surface area contributed by atoms with E-state index in [9.17, 15) is 0 Å². The van der Waals surface area contributed by atoms with Crippen molar-refractivity contribution in [3.63, 3.8) is 0 Å². The van der Waals surface area contributed by atoms with Gasteiger partial charge in [-0.05, 0) is 24.6 Å². The lowest BCUT2D eigenvalue weighted by Crippen LogP contribution is -2.10. The molecule has 25 heavy (non-hydrogen) atoms. The lowest BCUT2D eigenvalue weighted by atomic mass is 10.2. The van der Waals surface area contributed by atoms with E-state index in [1.165, 1.54) is 0 Å². The summed E-state index contributed by atoms with van der Waals surface area (Å²) in [4.78, 5) is 8.80. The molecule has 0 saturated carbocycles. The molecule has 130 valence electrons. The average molecular weight is 403 g/mol. The molecule has 2 N–H and O–H groups in total. The minimum atomic E-state index is 0.0618. The van der Waals surface area contributed by atoms with Crippen molar-refractivity contribution in [1.29, 1.82) is 0 Å². The van der Waals surface area contributed by atoms with E-state index >= 15 is 0 Å². The second kappa shape index (κ2) is 8.17. The molecule has 0 unspecified atom stereocenters. The zero-order chi connectivity index (χ0) is 17.6. The molecule has 3 rings (SSSR count). The van der Waals surface area contributed by atoms with Crippen LogP contribution in [0, 0.1) is 6.92 Å². The van der Waals surface area contributed by atoms with Crippen molar-refractivity contribution < 1.29 is 5.11 Å². The van der Waals surface area contributed by atoms with Gasteiger partial charge in [-0.3, -0.25) is 0 Å². The van der Waals surface area contributed by atoms with Crippen molar-refractivity contribution in [2.75, 3.05) is 11.9 Å². The third kappa shape index (κ3) is 4.83. The van der Waals surface area contributed by atoms with Gasteiger partial charge in [0.15, 0.2) is 0 Å². The number of hydrogen-bond acceptors (Lipinski definition) is 6. The third-order valence-corrected chi connectivity index (χ3v) is 4.17. The number of benzene rings is 1. The normalized spacial score (nSPS) is 10.8. The standard InChI is InChI=1S/C17H19BrN6O/c1-12-19-9-14(10-24-11-16(6-7-25)22-23-24)17(21-12)20-8-13-2-4-15(18)5-3-13/h2-5,9,11,25H,6-8,10H2,1H3,(H,19,20,21). The fourth-order valence-corrected chi connectivity index (χ4v) is 2.64. The maximum atomic E-state index is 8.98. The summed E-state index contributed by atoms with van der Waals surface area (Å²) in [5, 5.41) is 20.5. The Morgan fingerprint density at radius 2 is 2.04 bits per heavy atom. The molecule has 0 atom stereocenters. The first-order chi connectivity index (χ1) is 12.1. The largest absolute Gasteiger partial charge is 0.396 e. The Bertz CT molecular complexity index is 833. The Kier molecular flexibility index (Phi) is 5.72. The molecule has 2 aromatic heterocycles. The van der Waals surface area contributed by atoms with Crippen LogP contribution in [-0.2, 0) is 19.5 Å². The summed E-state index contributed by atoms with van der Waals surface area (Å²) < 4.78 is 2.78. The Labute approximate surface area is 154 Å². The smallest absolute Gasteiger partial charge is 0.135 e. The molecule has 8 heteroatoms. The number of aliphatic hydroxyl groups is 1. The second-order valence-electron chi connectivity index (χ2n) is 5.65. The summed E-state index contributed by atoms with van der Waals surface area (Å²) in [5.41, 5.74) is 2.86. The van der Waals surface area contributed by atoms with Gasteiger partial charge < -0.3 is 10.4 Å². The van der Waals surface area contributed by atoms with Crippen LogP contribution < -0.4 is 5.32 Å². The topological polar surface area (TPSA) is 88.8 Å². The van der Waals surface area contributed by atoms with Crippen LogP contribution in [0.3, 0.4) is 0 Å². The summed E-state index contributed by atoms with van der Waals surface area (Å²) in [7, 11) is 0. The van der Waals surface area contributed by atoms with Gasteiger partial charge in [-0.15, -0.1) is 5.10 Å². The van der Waals surface area contributed by atoms with E-state index in [2.05, 4.69) is 53.7 Å². The van der Waals surface area contributed by atoms with Gasteiger partial charge in [0, 0.05) is 42.0 Å². The lowest BCUT2D eigenvalue weighted by molar-refractivity contribution is 0.298. The minimum Gasteiger partial charge on any atom is -0.396 e. The predicted molar refractivity (Wildman–Crippen MR) is 98.2 cm³/mol. The number of nitrogens with one attached hydrogen (secondary N) is 1. The van der Waals surface area contributed by atoms with Crippen molar-refractivity contribution in [2.45, 2.75) is 26.4 Å². The Morgan fingerprint density at radius 1 is 1.24 bits per heavy atom. The van der Waals surface area contributed by atoms with Crippen LogP contribution in [0.5, 0.6) is 0 Å². The van der Waals surface area contributed by atoms with E-state index in [0.717, 1.165) is 27.1 Å². The zero-order valence-corrected chi connectivity index (χ0v) is 15.4. The van der Waals surface area contributed by atoms with Crippen molar-refractivity contribution in [3.8, 4) is 0 Å². The quantitative estimate of drug-likeness (QED) is 0.630. The molecule has 0 amide bonds. The van der Waals surface area contributed by atoms with Gasteiger partial charge in [0.1, 0.15) is 11.6 Å². The summed E-state index contributed by atoms with van der Waals surface area (Å²) in [6.45, 7) is 3.11. The van der Waals surface area contributed by atoms with Crippen molar-refractivity contribution in [2.24, 2.45) is 0 Å². The van der Waals surface area contributed by atoms with Crippen molar-refractivity contribution in [1.82, 2.24) is 25.0 Å². The Hall–Kier alpha value is -2.32. The first-order valence-electron chi connectivity index (χ1n) is 7.95. The van der Waals surface area contributed by atoms with Crippen LogP contribution in [0.1, 0.15) is 22.6 Å². The molecule has 0 aliphatic heterocycles. The highest BCUT2D eigenvalue weighted by Crippen LogP contribution is 2.16. The number of aliphatic hydroxyl groups excluding tert-OH is 1. The average Bonchev–Trinajstić information content (AvgIpc) is 3.04. The molecule has 0 spiro atoms. The van der Waals surface area contributed by atoms with Crippen LogP contribution in [0.25, 0.3) is 0 Å². The van der Waals surface area contributed by atoms with E-state index in [1.54, 1.807) is 10.9 Å². The summed E-state index contributed by atoms with van der Waals surface area (Å²) >= 11 is 3.44. The minimum absolute atomic E-state index is 0.0618. The van der Waals surface area contributed by atoms with E-state index in [-0.39, 0.29) is 6.61 Å². The number of aromatic nitrogens is 5. The van der Waals surface area contributed by atoms with Crippen LogP contribution in [0.2, 0.25) is 0 Å². The van der Waals surface area contributed by atoms with E-state index < -0.39 is 0 Å². The van der Waals surface area contributed by atoms with Crippen molar-refractivity contribution in [3.05, 3.63) is 63.8 Å². The zero-order valence-electron chi connectivity index (χ0n) is 13.9. The molecule has 3 aromatic rings. The van der Waals surface area contributed by atoms with Gasteiger partial charge in [0.05, 0.1) is 12.2 Å².